The minimum absolute atomic E-state index is 0. The number of halogens is 1. The molecule has 1 aromatic carbocycles. The lowest BCUT2D eigenvalue weighted by Gasteiger charge is -2.39. The molecule has 1 saturated heterocycles. The summed E-state index contributed by atoms with van der Waals surface area (Å²) in [6, 6.07) is 8.77. The smallest absolute Gasteiger partial charge is 0.231 e. The molecule has 1 N–H and O–H groups in total. The van der Waals surface area contributed by atoms with Crippen molar-refractivity contribution in [3.8, 4) is 0 Å². The van der Waals surface area contributed by atoms with E-state index in [-0.39, 0.29) is 42.1 Å². The number of rotatable bonds is 3. The molecule has 2 fully saturated rings. The van der Waals surface area contributed by atoms with Crippen molar-refractivity contribution in [1.82, 2.24) is 10.2 Å². The van der Waals surface area contributed by atoms with Gasteiger partial charge in [0.2, 0.25) is 11.8 Å². The maximum absolute atomic E-state index is 13.6. The minimum atomic E-state index is -0.176. The van der Waals surface area contributed by atoms with Gasteiger partial charge in [-0.15, -0.1) is 12.4 Å². The summed E-state index contributed by atoms with van der Waals surface area (Å²) in [6.45, 7) is 3.73. The number of carbonyl (C=O) groups is 2. The van der Waals surface area contributed by atoms with Crippen molar-refractivity contribution in [1.29, 1.82) is 0 Å². The van der Waals surface area contributed by atoms with Gasteiger partial charge in [0.05, 0.1) is 5.92 Å². The molecule has 1 saturated carbocycles. The fourth-order valence-corrected chi connectivity index (χ4v) is 5.45. The highest BCUT2D eigenvalue weighted by Crippen LogP contribution is 2.38. The van der Waals surface area contributed by atoms with Crippen LogP contribution < -0.4 is 10.2 Å². The molecule has 1 aromatic rings. The van der Waals surface area contributed by atoms with E-state index in [1.807, 2.05) is 29.0 Å². The number of fused-ring (bicyclic) bond motifs is 1. The molecule has 0 aromatic heterocycles. The fraction of sp³-hybridized carbons (Fsp3) is 0.652. The Bertz CT molecular complexity index is 741. The van der Waals surface area contributed by atoms with E-state index in [4.69, 9.17) is 0 Å². The van der Waals surface area contributed by atoms with Gasteiger partial charge in [0.1, 0.15) is 0 Å². The number of benzene rings is 1. The van der Waals surface area contributed by atoms with Crippen LogP contribution in [-0.4, -0.2) is 48.9 Å². The third-order valence-electron chi connectivity index (χ3n) is 6.99. The zero-order valence-electron chi connectivity index (χ0n) is 17.6. The Kier molecular flexibility index (Phi) is 7.23. The number of likely N-dealkylation sites (N-methyl/N-ethyl adjacent to an activating group) is 1. The Morgan fingerprint density at radius 3 is 2.41 bits per heavy atom. The molecule has 6 heteroatoms. The Balaban J connectivity index is 0.00000240. The molecule has 4 rings (SSSR count). The topological polar surface area (TPSA) is 52.7 Å². The van der Waals surface area contributed by atoms with Crippen LogP contribution in [-0.2, 0) is 16.0 Å². The molecule has 0 spiro atoms. The van der Waals surface area contributed by atoms with Crippen LogP contribution in [0.5, 0.6) is 0 Å². The molecular weight excluding hydrogens is 386 g/mol. The molecule has 0 bridgehead atoms. The highest BCUT2D eigenvalue weighted by Gasteiger charge is 2.43. The number of piperidine rings is 1. The lowest BCUT2D eigenvalue weighted by atomic mass is 9.77. The standard InChI is InChI=1S/C23H33N3O2.ClH/c1-16-14-17-8-3-6-12-21(17)26(16)23(28)20-11-5-4-10-19(20)22(27)25-13-7-9-18(15-25)24-2;/h3,6,8,12,16,18-20,24H,4-5,7,9-11,13-15H2,1-2H3;1H. The van der Waals surface area contributed by atoms with Gasteiger partial charge in [0.15, 0.2) is 0 Å². The van der Waals surface area contributed by atoms with E-state index >= 15 is 0 Å². The molecule has 2 aliphatic heterocycles. The second kappa shape index (κ2) is 9.48. The average Bonchev–Trinajstić information content (AvgIpc) is 3.08. The van der Waals surface area contributed by atoms with E-state index in [2.05, 4.69) is 24.4 Å². The van der Waals surface area contributed by atoms with Crippen molar-refractivity contribution in [2.45, 2.75) is 64.0 Å². The number of para-hydroxylation sites is 1. The van der Waals surface area contributed by atoms with E-state index in [9.17, 15) is 9.59 Å². The van der Waals surface area contributed by atoms with Crippen LogP contribution in [0, 0.1) is 11.8 Å². The molecule has 3 aliphatic rings. The average molecular weight is 420 g/mol. The van der Waals surface area contributed by atoms with Crippen LogP contribution in [0.25, 0.3) is 0 Å². The largest absolute Gasteiger partial charge is 0.341 e. The summed E-state index contributed by atoms with van der Waals surface area (Å²) in [6.07, 6.45) is 6.85. The summed E-state index contributed by atoms with van der Waals surface area (Å²) in [5, 5.41) is 3.32. The monoisotopic (exact) mass is 419 g/mol. The van der Waals surface area contributed by atoms with Gasteiger partial charge in [0, 0.05) is 36.8 Å². The van der Waals surface area contributed by atoms with Gasteiger partial charge in [-0.2, -0.15) is 0 Å². The van der Waals surface area contributed by atoms with Crippen LogP contribution in [0.4, 0.5) is 5.69 Å². The number of hydrogen-bond donors (Lipinski definition) is 1. The number of likely N-dealkylation sites (tertiary alicyclic amines) is 1. The van der Waals surface area contributed by atoms with Crippen LogP contribution in [0.3, 0.4) is 0 Å². The van der Waals surface area contributed by atoms with Crippen molar-refractivity contribution in [3.05, 3.63) is 29.8 Å². The lowest BCUT2D eigenvalue weighted by molar-refractivity contribution is -0.144. The minimum Gasteiger partial charge on any atom is -0.341 e. The first kappa shape index (κ1) is 22.1. The number of nitrogens with one attached hydrogen (secondary N) is 1. The van der Waals surface area contributed by atoms with Gasteiger partial charge < -0.3 is 15.1 Å². The third kappa shape index (κ3) is 4.31. The van der Waals surface area contributed by atoms with Gasteiger partial charge in [-0.25, -0.2) is 0 Å². The number of carbonyl (C=O) groups excluding carboxylic acids is 2. The number of nitrogens with zero attached hydrogens (tertiary/aromatic N) is 2. The highest BCUT2D eigenvalue weighted by atomic mass is 35.5. The summed E-state index contributed by atoms with van der Waals surface area (Å²) < 4.78 is 0. The SMILES string of the molecule is CNC1CCCN(C(=O)C2CCCCC2C(=O)N2c3ccccc3CC2C)C1.Cl. The lowest BCUT2D eigenvalue weighted by Crippen LogP contribution is -2.52. The summed E-state index contributed by atoms with van der Waals surface area (Å²) >= 11 is 0. The summed E-state index contributed by atoms with van der Waals surface area (Å²) in [4.78, 5) is 31.0. The molecule has 4 atom stereocenters. The van der Waals surface area contributed by atoms with Crippen molar-refractivity contribution < 1.29 is 9.59 Å². The molecule has 160 valence electrons. The second-order valence-corrected chi connectivity index (χ2v) is 8.80. The Hall–Kier alpha value is -1.59. The Morgan fingerprint density at radius 2 is 1.69 bits per heavy atom. The number of hydrogen-bond acceptors (Lipinski definition) is 3. The molecular formula is C23H34ClN3O2. The van der Waals surface area contributed by atoms with E-state index in [1.54, 1.807) is 0 Å². The van der Waals surface area contributed by atoms with Gasteiger partial charge in [-0.1, -0.05) is 31.0 Å². The van der Waals surface area contributed by atoms with E-state index < -0.39 is 0 Å². The summed E-state index contributed by atoms with van der Waals surface area (Å²) in [5.41, 5.74) is 2.29. The number of amides is 2. The second-order valence-electron chi connectivity index (χ2n) is 8.80. The summed E-state index contributed by atoms with van der Waals surface area (Å²) in [5.74, 6) is 0.0393. The maximum atomic E-state index is 13.6. The molecule has 0 radical (unpaired) electrons. The zero-order valence-corrected chi connectivity index (χ0v) is 18.4. The van der Waals surface area contributed by atoms with Crippen LogP contribution in [0.2, 0.25) is 0 Å². The van der Waals surface area contributed by atoms with E-state index in [0.717, 1.165) is 63.7 Å². The molecule has 2 amide bonds. The van der Waals surface area contributed by atoms with Gasteiger partial charge >= 0.3 is 0 Å². The first-order chi connectivity index (χ1) is 13.6. The molecule has 2 heterocycles. The Labute approximate surface area is 180 Å². The fourth-order valence-electron chi connectivity index (χ4n) is 5.45. The van der Waals surface area contributed by atoms with Crippen LogP contribution >= 0.6 is 12.4 Å². The molecule has 4 unspecified atom stereocenters. The zero-order chi connectivity index (χ0) is 19.7. The first-order valence-corrected chi connectivity index (χ1v) is 11.0. The normalized spacial score (nSPS) is 29.2. The van der Waals surface area contributed by atoms with Crippen LogP contribution in [0.1, 0.15) is 51.0 Å². The molecule has 1 aliphatic carbocycles. The predicted octanol–water partition coefficient (Wildman–Crippen LogP) is 3.40. The van der Waals surface area contributed by atoms with Crippen molar-refractivity contribution in [3.63, 3.8) is 0 Å². The van der Waals surface area contributed by atoms with E-state index in [1.165, 1.54) is 5.56 Å². The Morgan fingerprint density at radius 1 is 1.00 bits per heavy atom. The van der Waals surface area contributed by atoms with Gasteiger partial charge in [0.25, 0.3) is 0 Å². The quantitative estimate of drug-likeness (QED) is 0.816. The van der Waals surface area contributed by atoms with Gasteiger partial charge in [-0.3, -0.25) is 9.59 Å². The molecule has 5 nitrogen and oxygen atoms in total. The number of anilines is 1. The van der Waals surface area contributed by atoms with Crippen LogP contribution in [0.15, 0.2) is 24.3 Å². The first-order valence-electron chi connectivity index (χ1n) is 11.0. The third-order valence-corrected chi connectivity index (χ3v) is 6.99. The van der Waals surface area contributed by atoms with Crippen molar-refractivity contribution >= 4 is 29.9 Å². The molecule has 29 heavy (non-hydrogen) atoms. The van der Waals surface area contributed by atoms with Crippen molar-refractivity contribution in [2.24, 2.45) is 11.8 Å². The predicted molar refractivity (Wildman–Crippen MR) is 118 cm³/mol. The van der Waals surface area contributed by atoms with E-state index in [0.29, 0.717) is 6.04 Å². The highest BCUT2D eigenvalue weighted by molar-refractivity contribution is 6.00. The van der Waals surface area contributed by atoms with Crippen molar-refractivity contribution in [2.75, 3.05) is 25.0 Å². The van der Waals surface area contributed by atoms with Gasteiger partial charge in [-0.05, 0) is 57.7 Å². The summed E-state index contributed by atoms with van der Waals surface area (Å²) in [7, 11) is 1.97. The maximum Gasteiger partial charge on any atom is 0.231 e.